The molecule has 0 saturated carbocycles. The number of hydrogen-bond donors (Lipinski definition) is 2. The molecule has 0 fully saturated rings. The second-order valence-corrected chi connectivity index (χ2v) is 7.11. The van der Waals surface area contributed by atoms with Crippen molar-refractivity contribution < 1.29 is 27.0 Å². The highest BCUT2D eigenvalue weighted by atomic mass is 79.9. The summed E-state index contributed by atoms with van der Waals surface area (Å²) < 4.78 is 59.0. The van der Waals surface area contributed by atoms with E-state index in [2.05, 4.69) is 20.7 Å². The zero-order valence-electron chi connectivity index (χ0n) is 12.0. The molecule has 0 saturated heterocycles. The van der Waals surface area contributed by atoms with Gasteiger partial charge >= 0.3 is 0 Å². The number of aromatic hydroxyl groups is 1. The van der Waals surface area contributed by atoms with Crippen LogP contribution in [0.2, 0.25) is 0 Å². The Morgan fingerprint density at radius 3 is 2.43 bits per heavy atom. The van der Waals surface area contributed by atoms with Crippen molar-refractivity contribution in [3.8, 4) is 11.5 Å². The van der Waals surface area contributed by atoms with Crippen LogP contribution in [0.25, 0.3) is 0 Å². The Bertz CT molecular complexity index is 872. The molecule has 0 amide bonds. The van der Waals surface area contributed by atoms with Gasteiger partial charge in [0.1, 0.15) is 16.5 Å². The number of phenols is 1. The molecular weight excluding hydrogens is 396 g/mol. The van der Waals surface area contributed by atoms with Crippen molar-refractivity contribution in [3.05, 3.63) is 45.9 Å². The summed E-state index contributed by atoms with van der Waals surface area (Å²) in [6.45, 7) is 1.13. The molecule has 2 N–H and O–H groups in total. The van der Waals surface area contributed by atoms with Gasteiger partial charge in [-0.1, -0.05) is 0 Å². The van der Waals surface area contributed by atoms with Gasteiger partial charge in [-0.3, -0.25) is 4.72 Å². The standard InChI is InChI=1S/C14H12BrF2NO4S/c1-7-13(16)9(15)6-12(14(7)17)23(20,21)18-8-3-4-11(22-2)10(19)5-8/h3-6,18-19H,1-2H3. The van der Waals surface area contributed by atoms with Gasteiger partial charge in [-0.05, 0) is 41.1 Å². The van der Waals surface area contributed by atoms with E-state index in [1.807, 2.05) is 0 Å². The minimum Gasteiger partial charge on any atom is -0.504 e. The van der Waals surface area contributed by atoms with Crippen LogP contribution >= 0.6 is 15.9 Å². The average molecular weight is 408 g/mol. The summed E-state index contributed by atoms with van der Waals surface area (Å²) in [5.41, 5.74) is -0.418. The summed E-state index contributed by atoms with van der Waals surface area (Å²) in [7, 11) is -2.98. The molecule has 0 heterocycles. The summed E-state index contributed by atoms with van der Waals surface area (Å²) in [6, 6.07) is 4.62. The highest BCUT2D eigenvalue weighted by Crippen LogP contribution is 2.31. The molecule has 23 heavy (non-hydrogen) atoms. The largest absolute Gasteiger partial charge is 0.504 e. The Morgan fingerprint density at radius 2 is 1.87 bits per heavy atom. The van der Waals surface area contributed by atoms with Crippen molar-refractivity contribution in [2.75, 3.05) is 11.8 Å². The van der Waals surface area contributed by atoms with E-state index in [9.17, 15) is 22.3 Å². The maximum absolute atomic E-state index is 14.1. The molecule has 2 aromatic rings. The lowest BCUT2D eigenvalue weighted by Gasteiger charge is -2.12. The maximum Gasteiger partial charge on any atom is 0.264 e. The quantitative estimate of drug-likeness (QED) is 0.759. The number of benzene rings is 2. The molecule has 124 valence electrons. The van der Waals surface area contributed by atoms with Crippen LogP contribution in [0.15, 0.2) is 33.6 Å². The lowest BCUT2D eigenvalue weighted by molar-refractivity contribution is 0.373. The third-order valence-corrected chi connectivity index (χ3v) is 5.02. The maximum atomic E-state index is 14.1. The number of ether oxygens (including phenoxy) is 1. The third kappa shape index (κ3) is 3.40. The van der Waals surface area contributed by atoms with Gasteiger partial charge in [-0.15, -0.1) is 0 Å². The topological polar surface area (TPSA) is 75.6 Å². The second-order valence-electron chi connectivity index (χ2n) is 4.60. The van der Waals surface area contributed by atoms with Gasteiger partial charge in [0, 0.05) is 11.6 Å². The Labute approximate surface area is 140 Å². The van der Waals surface area contributed by atoms with E-state index >= 15 is 0 Å². The molecule has 2 aromatic carbocycles. The zero-order chi connectivity index (χ0) is 17.4. The Kier molecular flexibility index (Phi) is 4.81. The van der Waals surface area contributed by atoms with Crippen LogP contribution in [0.3, 0.4) is 0 Å². The van der Waals surface area contributed by atoms with Crippen LogP contribution < -0.4 is 9.46 Å². The summed E-state index contributed by atoms with van der Waals surface area (Å²) in [4.78, 5) is -0.710. The molecule has 0 aliphatic rings. The SMILES string of the molecule is COc1ccc(NS(=O)(=O)c2cc(Br)c(F)c(C)c2F)cc1O. The van der Waals surface area contributed by atoms with Crippen LogP contribution in [0.1, 0.15) is 5.56 Å². The fraction of sp³-hybridized carbons (Fsp3) is 0.143. The third-order valence-electron chi connectivity index (χ3n) is 3.06. The number of rotatable bonds is 4. The van der Waals surface area contributed by atoms with E-state index in [4.69, 9.17) is 4.74 Å². The van der Waals surface area contributed by atoms with E-state index in [-0.39, 0.29) is 21.7 Å². The zero-order valence-corrected chi connectivity index (χ0v) is 14.4. The van der Waals surface area contributed by atoms with Crippen molar-refractivity contribution in [1.82, 2.24) is 0 Å². The Balaban J connectivity index is 2.46. The number of methoxy groups -OCH3 is 1. The first-order valence-corrected chi connectivity index (χ1v) is 8.49. The summed E-state index contributed by atoms with van der Waals surface area (Å²) in [5.74, 6) is -2.19. The Hall–Kier alpha value is -1.87. The van der Waals surface area contributed by atoms with Crippen molar-refractivity contribution in [2.45, 2.75) is 11.8 Å². The van der Waals surface area contributed by atoms with Crippen molar-refractivity contribution >= 4 is 31.6 Å². The average Bonchev–Trinajstić information content (AvgIpc) is 2.48. The number of phenolic OH excluding ortho intramolecular Hbond substituents is 1. The first-order valence-electron chi connectivity index (χ1n) is 6.21. The van der Waals surface area contributed by atoms with Gasteiger partial charge < -0.3 is 9.84 Å². The second kappa shape index (κ2) is 6.32. The van der Waals surface area contributed by atoms with Crippen LogP contribution in [-0.4, -0.2) is 20.6 Å². The lowest BCUT2D eigenvalue weighted by Crippen LogP contribution is -2.16. The van der Waals surface area contributed by atoms with E-state index in [0.29, 0.717) is 0 Å². The van der Waals surface area contributed by atoms with Gasteiger partial charge in [0.15, 0.2) is 11.5 Å². The summed E-state index contributed by atoms with van der Waals surface area (Å²) >= 11 is 2.85. The van der Waals surface area contributed by atoms with Crippen LogP contribution in [-0.2, 0) is 10.0 Å². The minimum atomic E-state index is -4.32. The number of halogens is 3. The van der Waals surface area contributed by atoms with E-state index in [0.717, 1.165) is 19.1 Å². The molecule has 0 unspecified atom stereocenters. The first-order chi connectivity index (χ1) is 10.7. The van der Waals surface area contributed by atoms with Crippen molar-refractivity contribution in [3.63, 3.8) is 0 Å². The molecule has 0 aromatic heterocycles. The molecular formula is C14H12BrF2NO4S. The molecule has 0 aliphatic carbocycles. The van der Waals surface area contributed by atoms with E-state index in [1.54, 1.807) is 0 Å². The molecule has 0 aliphatic heterocycles. The molecule has 0 atom stereocenters. The highest BCUT2D eigenvalue weighted by Gasteiger charge is 2.24. The van der Waals surface area contributed by atoms with E-state index < -0.39 is 32.1 Å². The fourth-order valence-corrected chi connectivity index (χ4v) is 3.75. The fourth-order valence-electron chi connectivity index (χ4n) is 1.86. The summed E-state index contributed by atoms with van der Waals surface area (Å²) in [5, 5.41) is 9.65. The van der Waals surface area contributed by atoms with Crippen molar-refractivity contribution in [2.24, 2.45) is 0 Å². The van der Waals surface area contributed by atoms with Crippen LogP contribution in [0.4, 0.5) is 14.5 Å². The monoisotopic (exact) mass is 407 g/mol. The molecule has 0 bridgehead atoms. The summed E-state index contributed by atoms with van der Waals surface area (Å²) in [6.07, 6.45) is 0. The number of anilines is 1. The van der Waals surface area contributed by atoms with E-state index in [1.165, 1.54) is 19.2 Å². The van der Waals surface area contributed by atoms with Crippen LogP contribution in [0.5, 0.6) is 11.5 Å². The smallest absolute Gasteiger partial charge is 0.264 e. The van der Waals surface area contributed by atoms with Gasteiger partial charge in [0.25, 0.3) is 10.0 Å². The Morgan fingerprint density at radius 1 is 1.22 bits per heavy atom. The predicted octanol–water partition coefficient (Wildman–Crippen LogP) is 3.55. The number of sulfonamides is 1. The molecule has 5 nitrogen and oxygen atoms in total. The van der Waals surface area contributed by atoms with Gasteiger partial charge in [0.05, 0.1) is 17.3 Å². The molecule has 0 radical (unpaired) electrons. The molecule has 0 spiro atoms. The van der Waals surface area contributed by atoms with Gasteiger partial charge in [0.2, 0.25) is 0 Å². The van der Waals surface area contributed by atoms with Crippen molar-refractivity contribution in [1.29, 1.82) is 0 Å². The predicted molar refractivity (Wildman–Crippen MR) is 84.3 cm³/mol. The molecule has 9 heteroatoms. The molecule has 2 rings (SSSR count). The number of hydrogen-bond acceptors (Lipinski definition) is 4. The first kappa shape index (κ1) is 17.5. The minimum absolute atomic E-state index is 0.000741. The van der Waals surface area contributed by atoms with Gasteiger partial charge in [-0.2, -0.15) is 0 Å². The highest BCUT2D eigenvalue weighted by molar-refractivity contribution is 9.10. The van der Waals surface area contributed by atoms with Gasteiger partial charge in [-0.25, -0.2) is 17.2 Å². The number of nitrogens with one attached hydrogen (secondary N) is 1. The lowest BCUT2D eigenvalue weighted by atomic mass is 10.2. The van der Waals surface area contributed by atoms with Crippen LogP contribution in [0, 0.1) is 18.6 Å². The normalized spacial score (nSPS) is 11.3.